The third-order valence-corrected chi connectivity index (χ3v) is 11.2. The fourth-order valence-electron chi connectivity index (χ4n) is 2.61. The molecule has 19 heavy (non-hydrogen) atoms. The molecule has 0 aromatic carbocycles. The lowest BCUT2D eigenvalue weighted by Crippen LogP contribution is -2.33. The van der Waals surface area contributed by atoms with E-state index in [1.807, 2.05) is 17.5 Å². The van der Waals surface area contributed by atoms with Gasteiger partial charge in [0.25, 0.3) is 0 Å². The molecule has 0 aliphatic rings. The van der Waals surface area contributed by atoms with E-state index < -0.39 is 8.07 Å². The van der Waals surface area contributed by atoms with Gasteiger partial charge in [0.2, 0.25) is 5.91 Å². The van der Waals surface area contributed by atoms with Crippen molar-refractivity contribution in [3.8, 4) is 0 Å². The largest absolute Gasteiger partial charge is 0.356 e. The number of nitrogens with one attached hydrogen (secondary N) is 1. The van der Waals surface area contributed by atoms with E-state index in [4.69, 9.17) is 0 Å². The molecule has 0 spiro atoms. The van der Waals surface area contributed by atoms with Crippen molar-refractivity contribution in [1.29, 1.82) is 0 Å². The van der Waals surface area contributed by atoms with Crippen LogP contribution >= 0.6 is 11.3 Å². The first-order chi connectivity index (χ1) is 9.15. The van der Waals surface area contributed by atoms with Gasteiger partial charge in [-0.1, -0.05) is 51.0 Å². The minimum Gasteiger partial charge on any atom is -0.356 e. The standard InChI is InChI=1S/C15H27NOSSi/c1-4-19(5-2,6-3)12-8-10-16-15(17)13-14-9-7-11-18-14/h7,9,11H,4-6,8,10,12-13H2,1-3H3,(H,16,17). The SMILES string of the molecule is CC[Si](CC)(CC)CCCNC(=O)Cc1cccs1. The highest BCUT2D eigenvalue weighted by Crippen LogP contribution is 2.26. The minimum atomic E-state index is -1.00. The van der Waals surface area contributed by atoms with Crippen LogP contribution in [0.1, 0.15) is 32.1 Å². The molecule has 1 aromatic heterocycles. The van der Waals surface area contributed by atoms with Gasteiger partial charge in [-0.2, -0.15) is 0 Å². The van der Waals surface area contributed by atoms with E-state index in [0.29, 0.717) is 6.42 Å². The van der Waals surface area contributed by atoms with Gasteiger partial charge in [-0.15, -0.1) is 11.3 Å². The summed E-state index contributed by atoms with van der Waals surface area (Å²) in [7, 11) is -1.00. The average Bonchev–Trinajstić information content (AvgIpc) is 2.93. The van der Waals surface area contributed by atoms with E-state index in [1.54, 1.807) is 11.3 Å². The van der Waals surface area contributed by atoms with Crippen LogP contribution in [0, 0.1) is 0 Å². The fraction of sp³-hybridized carbons (Fsp3) is 0.667. The topological polar surface area (TPSA) is 29.1 Å². The zero-order chi connectivity index (χ0) is 14.1. The van der Waals surface area contributed by atoms with Gasteiger partial charge < -0.3 is 5.32 Å². The summed E-state index contributed by atoms with van der Waals surface area (Å²) in [6.07, 6.45) is 1.69. The van der Waals surface area contributed by atoms with Crippen LogP contribution in [0.15, 0.2) is 17.5 Å². The second-order valence-electron chi connectivity index (χ2n) is 5.27. The van der Waals surface area contributed by atoms with Crippen LogP contribution in [-0.2, 0) is 11.2 Å². The lowest BCUT2D eigenvalue weighted by atomic mass is 10.3. The molecule has 0 atom stereocenters. The van der Waals surface area contributed by atoms with Gasteiger partial charge in [0, 0.05) is 11.4 Å². The Balaban J connectivity index is 2.21. The molecule has 1 aromatic rings. The highest BCUT2D eigenvalue weighted by atomic mass is 32.1. The van der Waals surface area contributed by atoms with Gasteiger partial charge >= 0.3 is 0 Å². The molecular formula is C15H27NOSSi. The molecule has 1 heterocycles. The predicted molar refractivity (Wildman–Crippen MR) is 87.7 cm³/mol. The quantitative estimate of drug-likeness (QED) is 0.534. The molecule has 1 amide bonds. The third kappa shape index (κ3) is 5.49. The second-order valence-corrected chi connectivity index (χ2v) is 11.9. The molecule has 0 saturated heterocycles. The van der Waals surface area contributed by atoms with E-state index in [0.717, 1.165) is 17.8 Å². The molecule has 0 bridgehead atoms. The summed E-state index contributed by atoms with van der Waals surface area (Å²) in [5.74, 6) is 0.166. The van der Waals surface area contributed by atoms with E-state index >= 15 is 0 Å². The van der Waals surface area contributed by atoms with E-state index in [9.17, 15) is 4.79 Å². The summed E-state index contributed by atoms with van der Waals surface area (Å²) in [5.41, 5.74) is 0. The maximum atomic E-state index is 11.8. The molecule has 1 rings (SSSR count). The van der Waals surface area contributed by atoms with E-state index in [2.05, 4.69) is 26.1 Å². The van der Waals surface area contributed by atoms with Gasteiger partial charge in [-0.3, -0.25) is 4.79 Å². The Morgan fingerprint density at radius 2 is 1.95 bits per heavy atom. The van der Waals surface area contributed by atoms with Crippen molar-refractivity contribution in [2.24, 2.45) is 0 Å². The van der Waals surface area contributed by atoms with Gasteiger partial charge in [0.05, 0.1) is 14.5 Å². The van der Waals surface area contributed by atoms with Gasteiger partial charge in [0.15, 0.2) is 0 Å². The summed E-state index contributed by atoms with van der Waals surface area (Å²) in [6, 6.07) is 9.51. The van der Waals surface area contributed by atoms with Crippen LogP contribution in [0.3, 0.4) is 0 Å². The monoisotopic (exact) mass is 297 g/mol. The number of amides is 1. The molecule has 0 fully saturated rings. The fourth-order valence-corrected chi connectivity index (χ4v) is 6.80. The van der Waals surface area contributed by atoms with Crippen molar-refractivity contribution >= 4 is 25.3 Å². The van der Waals surface area contributed by atoms with Crippen LogP contribution in [0.25, 0.3) is 0 Å². The summed E-state index contributed by atoms with van der Waals surface area (Å²) in [6.45, 7) is 7.87. The number of thiophene rings is 1. The molecule has 1 N–H and O–H groups in total. The lowest BCUT2D eigenvalue weighted by Gasteiger charge is -2.28. The highest BCUT2D eigenvalue weighted by molar-refractivity contribution is 7.10. The maximum Gasteiger partial charge on any atom is 0.225 e. The molecule has 0 unspecified atom stereocenters. The first-order valence-electron chi connectivity index (χ1n) is 7.45. The van der Waals surface area contributed by atoms with Gasteiger partial charge in [0.1, 0.15) is 0 Å². The molecule has 108 valence electrons. The van der Waals surface area contributed by atoms with Crippen molar-refractivity contribution in [2.45, 2.75) is 57.8 Å². The molecule has 2 nitrogen and oxygen atoms in total. The van der Waals surface area contributed by atoms with E-state index in [1.165, 1.54) is 24.2 Å². The van der Waals surface area contributed by atoms with Crippen molar-refractivity contribution in [3.05, 3.63) is 22.4 Å². The summed E-state index contributed by atoms with van der Waals surface area (Å²) < 4.78 is 0. The number of carbonyl (C=O) groups excluding carboxylic acids is 1. The summed E-state index contributed by atoms with van der Waals surface area (Å²) >= 11 is 1.65. The Morgan fingerprint density at radius 1 is 1.26 bits per heavy atom. The number of carbonyl (C=O) groups is 1. The van der Waals surface area contributed by atoms with Crippen molar-refractivity contribution in [3.63, 3.8) is 0 Å². The normalized spacial score (nSPS) is 11.5. The Kier molecular flexibility index (Phi) is 7.39. The summed E-state index contributed by atoms with van der Waals surface area (Å²) in [4.78, 5) is 12.9. The van der Waals surface area contributed by atoms with Crippen LogP contribution < -0.4 is 5.32 Å². The van der Waals surface area contributed by atoms with Crippen molar-refractivity contribution in [2.75, 3.05) is 6.54 Å². The Hall–Kier alpha value is -0.613. The molecule has 0 aliphatic heterocycles. The maximum absolute atomic E-state index is 11.8. The van der Waals surface area contributed by atoms with Crippen LogP contribution in [0.4, 0.5) is 0 Å². The van der Waals surface area contributed by atoms with Crippen LogP contribution in [0.5, 0.6) is 0 Å². The molecule has 0 saturated carbocycles. The first-order valence-corrected chi connectivity index (χ1v) is 11.2. The van der Waals surface area contributed by atoms with Crippen molar-refractivity contribution < 1.29 is 4.79 Å². The third-order valence-electron chi connectivity index (χ3n) is 4.37. The number of rotatable bonds is 9. The van der Waals surface area contributed by atoms with Crippen molar-refractivity contribution in [1.82, 2.24) is 5.32 Å². The number of hydrogen-bond donors (Lipinski definition) is 1. The van der Waals surface area contributed by atoms with Crippen LogP contribution in [-0.4, -0.2) is 20.5 Å². The number of hydrogen-bond acceptors (Lipinski definition) is 2. The van der Waals surface area contributed by atoms with Crippen LogP contribution in [0.2, 0.25) is 24.2 Å². The lowest BCUT2D eigenvalue weighted by molar-refractivity contribution is -0.120. The minimum absolute atomic E-state index is 0.166. The highest BCUT2D eigenvalue weighted by Gasteiger charge is 2.25. The second kappa shape index (κ2) is 8.54. The summed E-state index contributed by atoms with van der Waals surface area (Å²) in [5, 5.41) is 5.08. The first kappa shape index (κ1) is 16.4. The van der Waals surface area contributed by atoms with Gasteiger partial charge in [-0.05, 0) is 17.9 Å². The molecule has 0 aliphatic carbocycles. The smallest absolute Gasteiger partial charge is 0.225 e. The molecule has 4 heteroatoms. The molecule has 0 radical (unpaired) electrons. The van der Waals surface area contributed by atoms with Gasteiger partial charge in [-0.25, -0.2) is 0 Å². The molecular weight excluding hydrogens is 270 g/mol. The Labute approximate surface area is 122 Å². The Morgan fingerprint density at radius 3 is 2.47 bits per heavy atom. The van der Waals surface area contributed by atoms with E-state index in [-0.39, 0.29) is 5.91 Å². The predicted octanol–water partition coefficient (Wildman–Crippen LogP) is 4.31. The zero-order valence-corrected chi connectivity index (χ0v) is 14.3. The Bertz CT molecular complexity index is 352. The zero-order valence-electron chi connectivity index (χ0n) is 12.5. The average molecular weight is 298 g/mol.